The summed E-state index contributed by atoms with van der Waals surface area (Å²) in [5, 5.41) is 7.43. The van der Waals surface area contributed by atoms with Gasteiger partial charge in [-0.3, -0.25) is 14.4 Å². The lowest BCUT2D eigenvalue weighted by atomic mass is 10.1. The van der Waals surface area contributed by atoms with Crippen molar-refractivity contribution in [1.29, 1.82) is 0 Å². The van der Waals surface area contributed by atoms with Gasteiger partial charge in [0.15, 0.2) is 5.78 Å². The van der Waals surface area contributed by atoms with Crippen molar-refractivity contribution in [3.63, 3.8) is 0 Å². The number of nitrogens with one attached hydrogen (secondary N) is 2. The second kappa shape index (κ2) is 13.0. The van der Waals surface area contributed by atoms with Gasteiger partial charge in [-0.05, 0) is 78.2 Å². The van der Waals surface area contributed by atoms with Crippen LogP contribution < -0.4 is 20.1 Å². The van der Waals surface area contributed by atoms with Gasteiger partial charge in [-0.15, -0.1) is 11.3 Å². The Hall–Kier alpha value is -4.95. The van der Waals surface area contributed by atoms with Crippen molar-refractivity contribution in [1.82, 2.24) is 5.32 Å². The minimum atomic E-state index is -0.547. The van der Waals surface area contributed by atoms with E-state index in [2.05, 4.69) is 10.6 Å². The maximum Gasteiger partial charge on any atom is 0.272 e. The number of ketones is 1. The molecule has 3 aromatic carbocycles. The molecule has 0 saturated heterocycles. The van der Waals surface area contributed by atoms with Crippen LogP contribution in [0.1, 0.15) is 31.2 Å². The smallest absolute Gasteiger partial charge is 0.272 e. The van der Waals surface area contributed by atoms with E-state index in [9.17, 15) is 14.4 Å². The molecule has 7 nitrogen and oxygen atoms in total. The van der Waals surface area contributed by atoms with Crippen LogP contribution in [-0.4, -0.2) is 31.8 Å². The van der Waals surface area contributed by atoms with Crippen LogP contribution in [0.15, 0.2) is 102 Å². The van der Waals surface area contributed by atoms with E-state index in [4.69, 9.17) is 9.47 Å². The fourth-order valence-corrected chi connectivity index (χ4v) is 4.21. The first-order chi connectivity index (χ1) is 19.0. The summed E-state index contributed by atoms with van der Waals surface area (Å²) in [5.41, 5.74) is 1.91. The fraction of sp³-hybridized carbons (Fsp3) is 0.0645. The van der Waals surface area contributed by atoms with Crippen LogP contribution in [0.2, 0.25) is 0 Å². The lowest BCUT2D eigenvalue weighted by Crippen LogP contribution is -2.30. The van der Waals surface area contributed by atoms with Crippen LogP contribution in [0.25, 0.3) is 12.2 Å². The SMILES string of the molecule is COc1ccc(/C=C(\NC(=O)c2ccccc2)C(=O)Nc2ccc(C(=O)/C=C/c3cccs3)cc2)c(OC)c1. The number of hydrogen-bond acceptors (Lipinski definition) is 6. The van der Waals surface area contributed by atoms with Gasteiger partial charge in [0, 0.05) is 33.3 Å². The van der Waals surface area contributed by atoms with Crippen LogP contribution in [0.3, 0.4) is 0 Å². The Labute approximate surface area is 230 Å². The maximum atomic E-state index is 13.3. The summed E-state index contributed by atoms with van der Waals surface area (Å²) in [4.78, 5) is 39.7. The summed E-state index contributed by atoms with van der Waals surface area (Å²) in [6.45, 7) is 0. The zero-order valence-corrected chi connectivity index (χ0v) is 22.2. The summed E-state index contributed by atoms with van der Waals surface area (Å²) in [7, 11) is 3.05. The number of carbonyl (C=O) groups excluding carboxylic acids is 3. The molecule has 0 spiro atoms. The Morgan fingerprint density at radius 1 is 0.821 bits per heavy atom. The molecular weight excluding hydrogens is 512 g/mol. The minimum Gasteiger partial charge on any atom is -0.497 e. The monoisotopic (exact) mass is 538 g/mol. The molecule has 0 aliphatic rings. The van der Waals surface area contributed by atoms with Gasteiger partial charge in [-0.25, -0.2) is 0 Å². The Morgan fingerprint density at radius 3 is 2.26 bits per heavy atom. The molecule has 1 aromatic heterocycles. The molecule has 0 radical (unpaired) electrons. The summed E-state index contributed by atoms with van der Waals surface area (Å²) in [6.07, 6.45) is 4.81. The van der Waals surface area contributed by atoms with Crippen molar-refractivity contribution >= 4 is 46.8 Å². The number of ether oxygens (including phenoxy) is 2. The summed E-state index contributed by atoms with van der Waals surface area (Å²) < 4.78 is 10.7. The number of allylic oxidation sites excluding steroid dienone is 1. The summed E-state index contributed by atoms with van der Waals surface area (Å²) in [5.74, 6) is -0.0874. The third-order valence-corrected chi connectivity index (χ3v) is 6.48. The molecule has 0 fully saturated rings. The van der Waals surface area contributed by atoms with E-state index < -0.39 is 11.8 Å². The lowest BCUT2D eigenvalue weighted by molar-refractivity contribution is -0.113. The van der Waals surface area contributed by atoms with Gasteiger partial charge in [0.1, 0.15) is 17.2 Å². The molecule has 196 valence electrons. The lowest BCUT2D eigenvalue weighted by Gasteiger charge is -2.13. The summed E-state index contributed by atoms with van der Waals surface area (Å²) >= 11 is 1.54. The highest BCUT2D eigenvalue weighted by molar-refractivity contribution is 7.10. The van der Waals surface area contributed by atoms with E-state index >= 15 is 0 Å². The molecule has 0 saturated carbocycles. The molecule has 2 N–H and O–H groups in total. The average molecular weight is 539 g/mol. The largest absolute Gasteiger partial charge is 0.497 e. The van der Waals surface area contributed by atoms with Gasteiger partial charge in [-0.1, -0.05) is 24.3 Å². The Kier molecular flexibility index (Phi) is 9.05. The normalized spacial score (nSPS) is 11.2. The van der Waals surface area contributed by atoms with Crippen molar-refractivity contribution in [3.8, 4) is 11.5 Å². The number of benzene rings is 3. The highest BCUT2D eigenvalue weighted by Crippen LogP contribution is 2.26. The van der Waals surface area contributed by atoms with Gasteiger partial charge in [0.05, 0.1) is 14.2 Å². The van der Waals surface area contributed by atoms with E-state index in [1.165, 1.54) is 19.3 Å². The predicted octanol–water partition coefficient (Wildman–Crippen LogP) is 6.07. The number of anilines is 1. The van der Waals surface area contributed by atoms with Crippen molar-refractivity contribution < 1.29 is 23.9 Å². The molecule has 2 amide bonds. The van der Waals surface area contributed by atoms with E-state index in [1.54, 1.807) is 97.3 Å². The van der Waals surface area contributed by atoms with Crippen LogP contribution >= 0.6 is 11.3 Å². The molecule has 8 heteroatoms. The molecule has 0 aliphatic heterocycles. The van der Waals surface area contributed by atoms with Gasteiger partial charge in [0.2, 0.25) is 0 Å². The zero-order valence-electron chi connectivity index (χ0n) is 21.3. The van der Waals surface area contributed by atoms with E-state index in [1.807, 2.05) is 17.5 Å². The standard InChI is InChI=1S/C31H26N2O5S/c1-37-25-15-12-23(29(20-25)38-2)19-27(33-30(35)22-7-4-3-5-8-22)31(36)32-24-13-10-21(11-14-24)28(34)17-16-26-9-6-18-39-26/h3-20H,1-2H3,(H,32,36)(H,33,35)/b17-16+,27-19-. The van der Waals surface area contributed by atoms with Crippen LogP contribution in [0.5, 0.6) is 11.5 Å². The molecule has 0 bridgehead atoms. The number of amides is 2. The molecule has 4 aromatic rings. The number of rotatable bonds is 10. The molecule has 0 aliphatic carbocycles. The van der Waals surface area contributed by atoms with Gasteiger partial charge >= 0.3 is 0 Å². The van der Waals surface area contributed by atoms with Crippen molar-refractivity contribution in [2.24, 2.45) is 0 Å². The fourth-order valence-electron chi connectivity index (χ4n) is 3.59. The maximum absolute atomic E-state index is 13.3. The second-order valence-electron chi connectivity index (χ2n) is 8.23. The minimum absolute atomic E-state index is 0.00588. The molecule has 39 heavy (non-hydrogen) atoms. The highest BCUT2D eigenvalue weighted by Gasteiger charge is 2.17. The average Bonchev–Trinajstić information content (AvgIpc) is 3.50. The Morgan fingerprint density at radius 2 is 1.59 bits per heavy atom. The van der Waals surface area contributed by atoms with E-state index in [-0.39, 0.29) is 11.5 Å². The van der Waals surface area contributed by atoms with E-state index in [0.717, 1.165) is 4.88 Å². The summed E-state index contributed by atoms with van der Waals surface area (Å²) in [6, 6.07) is 24.1. The number of thiophene rings is 1. The van der Waals surface area contributed by atoms with Crippen LogP contribution in [0.4, 0.5) is 5.69 Å². The zero-order chi connectivity index (χ0) is 27.6. The Bertz CT molecular complexity index is 1510. The van der Waals surface area contributed by atoms with Gasteiger partial charge in [-0.2, -0.15) is 0 Å². The topological polar surface area (TPSA) is 93.7 Å². The van der Waals surface area contributed by atoms with Gasteiger partial charge < -0.3 is 20.1 Å². The predicted molar refractivity (Wildman–Crippen MR) is 154 cm³/mol. The van der Waals surface area contributed by atoms with Crippen LogP contribution in [0, 0.1) is 0 Å². The molecule has 1 heterocycles. The van der Waals surface area contributed by atoms with Crippen molar-refractivity contribution in [3.05, 3.63) is 124 Å². The van der Waals surface area contributed by atoms with Crippen molar-refractivity contribution in [2.75, 3.05) is 19.5 Å². The molecule has 0 atom stereocenters. The first-order valence-corrected chi connectivity index (χ1v) is 12.8. The molecular formula is C31H26N2O5S. The first-order valence-electron chi connectivity index (χ1n) is 11.9. The number of carbonyl (C=O) groups is 3. The quantitative estimate of drug-likeness (QED) is 0.189. The third-order valence-electron chi connectivity index (χ3n) is 5.64. The number of hydrogen-bond donors (Lipinski definition) is 2. The number of methoxy groups -OCH3 is 2. The van der Waals surface area contributed by atoms with Gasteiger partial charge in [0.25, 0.3) is 11.8 Å². The van der Waals surface area contributed by atoms with Crippen molar-refractivity contribution in [2.45, 2.75) is 0 Å². The van der Waals surface area contributed by atoms with E-state index in [0.29, 0.717) is 33.9 Å². The Balaban J connectivity index is 1.56. The first kappa shape index (κ1) is 27.1. The highest BCUT2D eigenvalue weighted by atomic mass is 32.1. The second-order valence-corrected chi connectivity index (χ2v) is 9.21. The van der Waals surface area contributed by atoms with Crippen LogP contribution in [-0.2, 0) is 4.79 Å². The molecule has 0 unspecified atom stereocenters. The third kappa shape index (κ3) is 7.30. The molecule has 4 rings (SSSR count).